The molecule has 0 amide bonds. The lowest BCUT2D eigenvalue weighted by molar-refractivity contribution is -0.0461. The van der Waals surface area contributed by atoms with E-state index in [1.54, 1.807) is 12.1 Å². The molecule has 0 saturated heterocycles. The Bertz CT molecular complexity index is 1130. The first-order chi connectivity index (χ1) is 14.4. The van der Waals surface area contributed by atoms with Crippen LogP contribution in [0.15, 0.2) is 60.3 Å². The standard InChI is InChI=1S/C25H26FN3O/c1-24-15-18-16-28-29(21-8-6-20(26)7-9-21)23(18)14-19(24)11-13-25(24,30)12-10-17-4-2-3-5-22(17)27/h2-9,14,16,30H,10-13,15,27H2,1H3/t24?,25-/m0/s1. The van der Waals surface area contributed by atoms with Crippen LogP contribution in [0.3, 0.4) is 0 Å². The molecule has 5 rings (SSSR count). The van der Waals surface area contributed by atoms with Crippen LogP contribution in [0.4, 0.5) is 10.1 Å². The molecule has 3 aromatic rings. The van der Waals surface area contributed by atoms with Crippen LogP contribution in [-0.4, -0.2) is 20.5 Å². The number of hydrogen-bond donors (Lipinski definition) is 2. The van der Waals surface area contributed by atoms with Crippen molar-refractivity contribution in [3.05, 3.63) is 82.9 Å². The molecule has 2 aliphatic rings. The van der Waals surface area contributed by atoms with Crippen molar-refractivity contribution >= 4 is 11.8 Å². The number of rotatable bonds is 4. The zero-order valence-electron chi connectivity index (χ0n) is 17.1. The van der Waals surface area contributed by atoms with Gasteiger partial charge in [0.15, 0.2) is 0 Å². The van der Waals surface area contributed by atoms with Crippen molar-refractivity contribution in [3.8, 4) is 5.69 Å². The molecule has 0 spiro atoms. The van der Waals surface area contributed by atoms with E-state index < -0.39 is 5.60 Å². The fourth-order valence-corrected chi connectivity index (χ4v) is 5.22. The van der Waals surface area contributed by atoms with Gasteiger partial charge >= 0.3 is 0 Å². The highest BCUT2D eigenvalue weighted by molar-refractivity contribution is 5.62. The lowest BCUT2D eigenvalue weighted by Crippen LogP contribution is -2.45. The highest BCUT2D eigenvalue weighted by Crippen LogP contribution is 2.56. The van der Waals surface area contributed by atoms with Crippen molar-refractivity contribution in [1.82, 2.24) is 9.78 Å². The molecule has 2 aliphatic carbocycles. The van der Waals surface area contributed by atoms with Gasteiger partial charge in [0, 0.05) is 11.1 Å². The molecule has 1 aromatic heterocycles. The molecular formula is C25H26FN3O. The molecule has 1 unspecified atom stereocenters. The molecule has 154 valence electrons. The van der Waals surface area contributed by atoms with Gasteiger partial charge in [0.25, 0.3) is 0 Å². The van der Waals surface area contributed by atoms with E-state index in [4.69, 9.17) is 5.73 Å². The van der Waals surface area contributed by atoms with Gasteiger partial charge in [0.2, 0.25) is 0 Å². The zero-order chi connectivity index (χ0) is 20.9. The summed E-state index contributed by atoms with van der Waals surface area (Å²) in [5.41, 5.74) is 11.1. The number of fused-ring (bicyclic) bond motifs is 2. The average Bonchev–Trinajstić information content (AvgIpc) is 3.24. The lowest BCUT2D eigenvalue weighted by atomic mass is 9.65. The van der Waals surface area contributed by atoms with Gasteiger partial charge in [-0.25, -0.2) is 9.07 Å². The number of para-hydroxylation sites is 1. The van der Waals surface area contributed by atoms with E-state index in [2.05, 4.69) is 18.1 Å². The fraction of sp³-hybridized carbons (Fsp3) is 0.320. The number of nitrogens with zero attached hydrogens (tertiary/aromatic N) is 2. The fourth-order valence-electron chi connectivity index (χ4n) is 5.22. The first kappa shape index (κ1) is 19.1. The molecular weight excluding hydrogens is 377 g/mol. The van der Waals surface area contributed by atoms with Crippen molar-refractivity contribution in [3.63, 3.8) is 0 Å². The molecule has 5 heteroatoms. The van der Waals surface area contributed by atoms with Gasteiger partial charge in [-0.1, -0.05) is 30.7 Å². The lowest BCUT2D eigenvalue weighted by Gasteiger charge is -2.42. The maximum Gasteiger partial charge on any atom is 0.123 e. The molecule has 0 aliphatic heterocycles. The first-order valence-electron chi connectivity index (χ1n) is 10.5. The van der Waals surface area contributed by atoms with E-state index in [1.165, 1.54) is 17.7 Å². The number of hydrogen-bond acceptors (Lipinski definition) is 3. The Hall–Kier alpha value is -2.92. The molecule has 3 N–H and O–H groups in total. The van der Waals surface area contributed by atoms with Gasteiger partial charge in [-0.3, -0.25) is 0 Å². The Morgan fingerprint density at radius 2 is 1.93 bits per heavy atom. The molecule has 2 aromatic carbocycles. The monoisotopic (exact) mass is 403 g/mol. The Labute approximate surface area is 175 Å². The summed E-state index contributed by atoms with van der Waals surface area (Å²) in [5.74, 6) is -0.259. The number of nitrogen functional groups attached to an aromatic ring is 1. The van der Waals surface area contributed by atoms with Crippen LogP contribution in [0.2, 0.25) is 0 Å². The van der Waals surface area contributed by atoms with Crippen molar-refractivity contribution in [2.45, 2.75) is 44.6 Å². The molecule has 0 radical (unpaired) electrons. The van der Waals surface area contributed by atoms with E-state index in [0.29, 0.717) is 6.42 Å². The molecule has 4 nitrogen and oxygen atoms in total. The number of aliphatic hydroxyl groups is 1. The summed E-state index contributed by atoms with van der Waals surface area (Å²) >= 11 is 0. The second-order valence-corrected chi connectivity index (χ2v) is 8.85. The highest BCUT2D eigenvalue weighted by atomic mass is 19.1. The van der Waals surface area contributed by atoms with Crippen LogP contribution in [-0.2, 0) is 12.8 Å². The molecule has 1 fully saturated rings. The minimum absolute atomic E-state index is 0.259. The molecule has 1 heterocycles. The van der Waals surface area contributed by atoms with Crippen LogP contribution in [0.5, 0.6) is 0 Å². The zero-order valence-corrected chi connectivity index (χ0v) is 17.1. The summed E-state index contributed by atoms with van der Waals surface area (Å²) in [5, 5.41) is 16.3. The molecule has 1 saturated carbocycles. The average molecular weight is 404 g/mol. The summed E-state index contributed by atoms with van der Waals surface area (Å²) < 4.78 is 15.2. The Balaban J connectivity index is 1.45. The molecule has 30 heavy (non-hydrogen) atoms. The largest absolute Gasteiger partial charge is 0.399 e. The molecule has 0 bridgehead atoms. The number of aryl methyl sites for hydroxylation is 1. The third-order valence-electron chi connectivity index (χ3n) is 7.22. The molecule has 2 atom stereocenters. The summed E-state index contributed by atoms with van der Waals surface area (Å²) in [4.78, 5) is 0. The van der Waals surface area contributed by atoms with Crippen LogP contribution >= 0.6 is 0 Å². The highest BCUT2D eigenvalue weighted by Gasteiger charge is 2.54. The summed E-state index contributed by atoms with van der Waals surface area (Å²) in [6.45, 7) is 2.18. The summed E-state index contributed by atoms with van der Waals surface area (Å²) in [6.07, 6.45) is 7.86. The summed E-state index contributed by atoms with van der Waals surface area (Å²) in [7, 11) is 0. The smallest absolute Gasteiger partial charge is 0.123 e. The van der Waals surface area contributed by atoms with Gasteiger partial charge < -0.3 is 10.8 Å². The summed E-state index contributed by atoms with van der Waals surface area (Å²) in [6, 6.07) is 14.3. The SMILES string of the molecule is CC12Cc3cnn(-c4ccc(F)cc4)c3C=C1CC[C@@]2(O)CCc1ccccc1N. The van der Waals surface area contributed by atoms with Gasteiger partial charge in [-0.15, -0.1) is 0 Å². The van der Waals surface area contributed by atoms with Crippen molar-refractivity contribution in [2.24, 2.45) is 5.41 Å². The van der Waals surface area contributed by atoms with Crippen molar-refractivity contribution < 1.29 is 9.50 Å². The van der Waals surface area contributed by atoms with Gasteiger partial charge in [-0.2, -0.15) is 5.10 Å². The second-order valence-electron chi connectivity index (χ2n) is 8.85. The van der Waals surface area contributed by atoms with Gasteiger partial charge in [-0.05, 0) is 79.6 Å². The van der Waals surface area contributed by atoms with Crippen LogP contribution < -0.4 is 5.73 Å². The predicted molar refractivity (Wildman–Crippen MR) is 117 cm³/mol. The van der Waals surface area contributed by atoms with Crippen LogP contribution in [0, 0.1) is 11.2 Å². The predicted octanol–water partition coefficient (Wildman–Crippen LogP) is 4.70. The quantitative estimate of drug-likeness (QED) is 0.621. The second kappa shape index (κ2) is 6.81. The maximum atomic E-state index is 13.3. The van der Waals surface area contributed by atoms with E-state index in [-0.39, 0.29) is 11.2 Å². The van der Waals surface area contributed by atoms with Crippen LogP contribution in [0.25, 0.3) is 11.8 Å². The van der Waals surface area contributed by atoms with E-state index in [0.717, 1.165) is 53.9 Å². The first-order valence-corrected chi connectivity index (χ1v) is 10.5. The Morgan fingerprint density at radius 1 is 1.17 bits per heavy atom. The maximum absolute atomic E-state index is 13.3. The topological polar surface area (TPSA) is 64.1 Å². The number of nitrogens with two attached hydrogens (primary N) is 1. The van der Waals surface area contributed by atoms with Gasteiger partial charge in [0.05, 0.1) is 23.2 Å². The number of halogens is 1. The van der Waals surface area contributed by atoms with E-state index >= 15 is 0 Å². The minimum Gasteiger partial charge on any atom is -0.399 e. The normalized spacial score (nSPS) is 25.0. The minimum atomic E-state index is -0.781. The number of anilines is 1. The van der Waals surface area contributed by atoms with Crippen LogP contribution in [0.1, 0.15) is 43.0 Å². The number of aromatic nitrogens is 2. The third-order valence-corrected chi connectivity index (χ3v) is 7.22. The Morgan fingerprint density at radius 3 is 2.70 bits per heavy atom. The Kier molecular flexibility index (Phi) is 4.33. The number of benzene rings is 2. The van der Waals surface area contributed by atoms with Gasteiger partial charge in [0.1, 0.15) is 5.82 Å². The third kappa shape index (κ3) is 2.88. The van der Waals surface area contributed by atoms with E-state index in [9.17, 15) is 9.50 Å². The van der Waals surface area contributed by atoms with Crippen molar-refractivity contribution in [2.75, 3.05) is 5.73 Å². The van der Waals surface area contributed by atoms with E-state index in [1.807, 2.05) is 35.1 Å². The van der Waals surface area contributed by atoms with Crippen molar-refractivity contribution in [1.29, 1.82) is 0 Å².